The monoisotopic (exact) mass is 233 g/mol. The number of halogens is 1. The maximum absolute atomic E-state index is 12.7. The summed E-state index contributed by atoms with van der Waals surface area (Å²) in [4.78, 5) is 0.672. The second-order valence-corrected chi connectivity index (χ2v) is 4.75. The largest absolute Gasteiger partial charge is 0.612 e. The Kier molecular flexibility index (Phi) is 3.27. The first kappa shape index (κ1) is 11.2. The minimum absolute atomic E-state index is 0.251. The molecule has 2 aromatic carbocycles. The highest BCUT2D eigenvalue weighted by molar-refractivity contribution is 7.90. The Morgan fingerprint density at radius 1 is 1.06 bits per heavy atom. The molecule has 0 saturated carbocycles. The van der Waals surface area contributed by atoms with Gasteiger partial charge in [-0.05, 0) is 52.6 Å². The molecule has 0 N–H and O–H groups in total. The van der Waals surface area contributed by atoms with E-state index in [4.69, 9.17) is 0 Å². The van der Waals surface area contributed by atoms with Crippen LogP contribution in [0.2, 0.25) is 0 Å². The zero-order chi connectivity index (χ0) is 11.5. The summed E-state index contributed by atoms with van der Waals surface area (Å²) in [5, 5.41) is 0. The predicted octanol–water partition coefficient (Wildman–Crippen LogP) is 3.03. The van der Waals surface area contributed by atoms with Crippen molar-refractivity contribution in [3.63, 3.8) is 0 Å². The molecule has 16 heavy (non-hydrogen) atoms. The zero-order valence-electron chi connectivity index (χ0n) is 8.74. The molecule has 2 aromatic rings. The molecule has 0 aliphatic rings. The molecule has 0 aromatic heterocycles. The molecule has 0 spiro atoms. The van der Waals surface area contributed by atoms with Gasteiger partial charge >= 0.3 is 0 Å². The van der Waals surface area contributed by atoms with Gasteiger partial charge in [-0.1, -0.05) is 12.1 Å². The third-order valence-electron chi connectivity index (χ3n) is 2.27. The maximum atomic E-state index is 12.7. The average molecular weight is 233 g/mol. The lowest BCUT2D eigenvalue weighted by molar-refractivity contribution is 0.600. The van der Waals surface area contributed by atoms with Gasteiger partial charge in [-0.15, -0.1) is 0 Å². The molecule has 0 aliphatic carbocycles. The molecule has 0 bridgehead atoms. The Labute approximate surface area is 97.1 Å². The second-order valence-electron chi connectivity index (χ2n) is 3.40. The van der Waals surface area contributed by atoms with Gasteiger partial charge in [0.2, 0.25) is 0 Å². The van der Waals surface area contributed by atoms with Gasteiger partial charge in [0.15, 0.2) is 4.90 Å². The van der Waals surface area contributed by atoms with Crippen molar-refractivity contribution in [1.29, 1.82) is 0 Å². The SMILES string of the molecule is C[S+]([O-])c1[c]cc(-c2ccc(F)cc2)cc1. The van der Waals surface area contributed by atoms with Crippen molar-refractivity contribution < 1.29 is 8.94 Å². The lowest BCUT2D eigenvalue weighted by Gasteiger charge is -2.05. The van der Waals surface area contributed by atoms with Crippen LogP contribution in [0.3, 0.4) is 0 Å². The van der Waals surface area contributed by atoms with Crippen LogP contribution < -0.4 is 0 Å². The maximum Gasteiger partial charge on any atom is 0.160 e. The molecule has 1 atom stereocenters. The smallest absolute Gasteiger partial charge is 0.160 e. The Bertz CT molecular complexity index is 462. The van der Waals surface area contributed by atoms with Crippen LogP contribution in [0.5, 0.6) is 0 Å². The summed E-state index contributed by atoms with van der Waals surface area (Å²) in [5.74, 6) is -0.251. The van der Waals surface area contributed by atoms with Gasteiger partial charge in [0.25, 0.3) is 0 Å². The third kappa shape index (κ3) is 2.43. The fraction of sp³-hybridized carbons (Fsp3) is 0.0769. The molecular formula is C13H10FOS. The highest BCUT2D eigenvalue weighted by Crippen LogP contribution is 2.21. The molecule has 0 heterocycles. The van der Waals surface area contributed by atoms with Gasteiger partial charge < -0.3 is 4.55 Å². The topological polar surface area (TPSA) is 23.1 Å². The summed E-state index contributed by atoms with van der Waals surface area (Å²) in [6.45, 7) is 0. The van der Waals surface area contributed by atoms with Crippen molar-refractivity contribution in [2.75, 3.05) is 6.26 Å². The van der Waals surface area contributed by atoms with E-state index in [0.717, 1.165) is 11.1 Å². The Hall–Kier alpha value is -1.32. The zero-order valence-corrected chi connectivity index (χ0v) is 9.55. The quantitative estimate of drug-likeness (QED) is 0.731. The van der Waals surface area contributed by atoms with Crippen LogP contribution in [0.25, 0.3) is 11.1 Å². The molecule has 1 unspecified atom stereocenters. The van der Waals surface area contributed by atoms with Crippen LogP contribution in [0, 0.1) is 11.9 Å². The molecular weight excluding hydrogens is 223 g/mol. The van der Waals surface area contributed by atoms with Gasteiger partial charge in [-0.3, -0.25) is 0 Å². The van der Waals surface area contributed by atoms with Crippen LogP contribution in [0.15, 0.2) is 47.4 Å². The molecule has 2 rings (SSSR count). The molecule has 0 saturated heterocycles. The van der Waals surface area contributed by atoms with Gasteiger partial charge in [0, 0.05) is 6.07 Å². The van der Waals surface area contributed by atoms with E-state index in [0.29, 0.717) is 4.90 Å². The Morgan fingerprint density at radius 2 is 1.69 bits per heavy atom. The van der Waals surface area contributed by atoms with Gasteiger partial charge in [-0.2, -0.15) is 0 Å². The Balaban J connectivity index is 2.31. The standard InChI is InChI=1S/C13H10FOS/c1-16(15)13-8-4-11(5-9-13)10-2-6-12(14)7-3-10/h2-8H,1H3. The molecule has 0 fully saturated rings. The van der Waals surface area contributed by atoms with E-state index in [1.807, 2.05) is 6.07 Å². The lowest BCUT2D eigenvalue weighted by atomic mass is 10.1. The van der Waals surface area contributed by atoms with E-state index in [9.17, 15) is 8.94 Å². The average Bonchev–Trinajstić information content (AvgIpc) is 2.30. The number of hydrogen-bond donors (Lipinski definition) is 0. The molecule has 0 aliphatic heterocycles. The normalized spacial score (nSPS) is 12.4. The molecule has 0 amide bonds. The van der Waals surface area contributed by atoms with E-state index >= 15 is 0 Å². The van der Waals surface area contributed by atoms with Gasteiger partial charge in [0.1, 0.15) is 12.1 Å². The van der Waals surface area contributed by atoms with Crippen LogP contribution in [-0.4, -0.2) is 10.8 Å². The highest BCUT2D eigenvalue weighted by Gasteiger charge is 2.04. The van der Waals surface area contributed by atoms with E-state index in [-0.39, 0.29) is 5.82 Å². The molecule has 3 heteroatoms. The van der Waals surface area contributed by atoms with E-state index in [1.165, 1.54) is 12.1 Å². The van der Waals surface area contributed by atoms with Crippen LogP contribution >= 0.6 is 0 Å². The summed E-state index contributed by atoms with van der Waals surface area (Å²) in [6, 6.07) is 14.6. The first-order valence-corrected chi connectivity index (χ1v) is 6.34. The van der Waals surface area contributed by atoms with E-state index < -0.39 is 11.2 Å². The number of hydrogen-bond acceptors (Lipinski definition) is 1. The molecule has 1 nitrogen and oxygen atoms in total. The summed E-state index contributed by atoms with van der Waals surface area (Å²) < 4.78 is 23.9. The Morgan fingerprint density at radius 3 is 2.19 bits per heavy atom. The minimum Gasteiger partial charge on any atom is -0.612 e. The fourth-order valence-electron chi connectivity index (χ4n) is 1.41. The van der Waals surface area contributed by atoms with Crippen LogP contribution in [-0.2, 0) is 11.2 Å². The molecule has 81 valence electrons. The summed E-state index contributed by atoms with van der Waals surface area (Å²) in [5.41, 5.74) is 1.86. The van der Waals surface area contributed by atoms with Crippen molar-refractivity contribution >= 4 is 11.2 Å². The van der Waals surface area contributed by atoms with Crippen molar-refractivity contribution in [3.8, 4) is 11.1 Å². The lowest BCUT2D eigenvalue weighted by Crippen LogP contribution is -1.96. The van der Waals surface area contributed by atoms with Crippen molar-refractivity contribution in [2.45, 2.75) is 4.90 Å². The van der Waals surface area contributed by atoms with Gasteiger partial charge in [-0.25, -0.2) is 4.39 Å². The number of rotatable bonds is 2. The predicted molar refractivity (Wildman–Crippen MR) is 63.0 cm³/mol. The third-order valence-corrected chi connectivity index (χ3v) is 3.14. The first-order valence-electron chi connectivity index (χ1n) is 4.78. The summed E-state index contributed by atoms with van der Waals surface area (Å²) in [7, 11) is 0. The van der Waals surface area contributed by atoms with E-state index in [1.54, 1.807) is 30.5 Å². The highest BCUT2D eigenvalue weighted by atomic mass is 32.2. The van der Waals surface area contributed by atoms with Crippen LogP contribution in [0.4, 0.5) is 4.39 Å². The van der Waals surface area contributed by atoms with Gasteiger partial charge in [0.05, 0.1) is 0 Å². The number of benzene rings is 2. The van der Waals surface area contributed by atoms with Crippen LogP contribution in [0.1, 0.15) is 0 Å². The van der Waals surface area contributed by atoms with E-state index in [2.05, 4.69) is 6.07 Å². The summed E-state index contributed by atoms with van der Waals surface area (Å²) >= 11 is -1.01. The first-order chi connectivity index (χ1) is 7.66. The molecule has 1 radical (unpaired) electrons. The summed E-state index contributed by atoms with van der Waals surface area (Å²) in [6.07, 6.45) is 1.61. The van der Waals surface area contributed by atoms with Crippen molar-refractivity contribution in [1.82, 2.24) is 0 Å². The second kappa shape index (κ2) is 4.68. The fourth-order valence-corrected chi connectivity index (χ4v) is 1.90. The van der Waals surface area contributed by atoms with Crippen molar-refractivity contribution in [3.05, 3.63) is 54.3 Å². The van der Waals surface area contributed by atoms with Crippen molar-refractivity contribution in [2.24, 2.45) is 0 Å². The minimum atomic E-state index is -1.01.